The topological polar surface area (TPSA) is 40.5 Å². The quantitative estimate of drug-likeness (QED) is 0.900. The van der Waals surface area contributed by atoms with E-state index in [0.29, 0.717) is 12.3 Å². The average Bonchev–Trinajstić information content (AvgIpc) is 2.75. The predicted octanol–water partition coefficient (Wildman–Crippen LogP) is 2.01. The maximum atomic E-state index is 11.7. The fourth-order valence-electron chi connectivity index (χ4n) is 1.79. The molecule has 2 atom stereocenters. The molecular formula is C11H15NO2S2. The summed E-state index contributed by atoms with van der Waals surface area (Å²) in [7, 11) is 0. The van der Waals surface area contributed by atoms with Gasteiger partial charge < -0.3 is 10.0 Å². The van der Waals surface area contributed by atoms with E-state index in [2.05, 4.69) is 18.4 Å². The molecule has 0 spiro atoms. The molecule has 1 amide bonds. The summed E-state index contributed by atoms with van der Waals surface area (Å²) >= 11 is 3.33. The molecule has 2 heterocycles. The Labute approximate surface area is 103 Å². The van der Waals surface area contributed by atoms with E-state index < -0.39 is 6.10 Å². The SMILES string of the molecule is Cc1ccsc1C1SCC(=O)N1CC(C)O. The molecular weight excluding hydrogens is 242 g/mol. The maximum absolute atomic E-state index is 11.7. The first-order valence-corrected chi connectivity index (χ1v) is 7.15. The van der Waals surface area contributed by atoms with Crippen molar-refractivity contribution in [2.45, 2.75) is 25.3 Å². The van der Waals surface area contributed by atoms with Crippen LogP contribution in [-0.4, -0.2) is 34.3 Å². The van der Waals surface area contributed by atoms with Gasteiger partial charge in [0.15, 0.2) is 0 Å². The molecule has 0 aromatic carbocycles. The van der Waals surface area contributed by atoms with E-state index in [9.17, 15) is 9.90 Å². The number of thiophene rings is 1. The highest BCUT2D eigenvalue weighted by Gasteiger charge is 2.34. The molecule has 0 radical (unpaired) electrons. The van der Waals surface area contributed by atoms with Crippen molar-refractivity contribution in [3.05, 3.63) is 21.9 Å². The number of thioether (sulfide) groups is 1. The van der Waals surface area contributed by atoms with Gasteiger partial charge in [-0.2, -0.15) is 0 Å². The number of aliphatic hydroxyl groups is 1. The number of hydrogen-bond acceptors (Lipinski definition) is 4. The van der Waals surface area contributed by atoms with E-state index in [1.807, 2.05) is 0 Å². The molecule has 0 aliphatic carbocycles. The Bertz CT molecular complexity index is 389. The van der Waals surface area contributed by atoms with Crippen molar-refractivity contribution < 1.29 is 9.90 Å². The summed E-state index contributed by atoms with van der Waals surface area (Å²) in [6.45, 7) is 4.21. The van der Waals surface area contributed by atoms with Gasteiger partial charge >= 0.3 is 0 Å². The number of β-amino-alcohol motifs (C(OH)–C–C–N with tert-alkyl or cyclic N) is 1. The third-order valence-electron chi connectivity index (χ3n) is 2.56. The Balaban J connectivity index is 2.21. The zero-order chi connectivity index (χ0) is 11.7. The molecule has 1 aromatic heterocycles. The van der Waals surface area contributed by atoms with Gasteiger partial charge in [-0.3, -0.25) is 4.79 Å². The molecule has 1 aliphatic rings. The van der Waals surface area contributed by atoms with Gasteiger partial charge in [0.25, 0.3) is 0 Å². The minimum absolute atomic E-state index is 0.0992. The number of rotatable bonds is 3. The number of carbonyl (C=O) groups excluding carboxylic acids is 1. The fourth-order valence-corrected chi connectivity index (χ4v) is 4.27. The van der Waals surface area contributed by atoms with Crippen LogP contribution in [-0.2, 0) is 4.79 Å². The Hall–Kier alpha value is -0.520. The summed E-state index contributed by atoms with van der Waals surface area (Å²) < 4.78 is 0. The average molecular weight is 257 g/mol. The van der Waals surface area contributed by atoms with Crippen LogP contribution in [0.3, 0.4) is 0 Å². The molecule has 88 valence electrons. The lowest BCUT2D eigenvalue weighted by Gasteiger charge is -2.24. The van der Waals surface area contributed by atoms with Crippen LogP contribution in [0.1, 0.15) is 22.7 Å². The number of carbonyl (C=O) groups is 1. The van der Waals surface area contributed by atoms with E-state index >= 15 is 0 Å². The summed E-state index contributed by atoms with van der Waals surface area (Å²) in [6.07, 6.45) is -0.467. The standard InChI is InChI=1S/C11H15NO2S2/c1-7-3-4-15-10(7)11-12(5-8(2)13)9(14)6-16-11/h3-4,8,11,13H,5-6H2,1-2H3. The maximum Gasteiger partial charge on any atom is 0.233 e. The molecule has 0 saturated carbocycles. The summed E-state index contributed by atoms with van der Waals surface area (Å²) in [4.78, 5) is 14.7. The molecule has 0 bridgehead atoms. The molecule has 3 nitrogen and oxygen atoms in total. The van der Waals surface area contributed by atoms with Crippen LogP contribution in [0.4, 0.5) is 0 Å². The molecule has 1 N–H and O–H groups in total. The van der Waals surface area contributed by atoms with Gasteiger partial charge in [0.1, 0.15) is 5.37 Å². The minimum Gasteiger partial charge on any atom is -0.392 e. The molecule has 1 saturated heterocycles. The Morgan fingerprint density at radius 3 is 3.00 bits per heavy atom. The van der Waals surface area contributed by atoms with E-state index in [1.54, 1.807) is 34.9 Å². The van der Waals surface area contributed by atoms with Crippen molar-refractivity contribution in [1.82, 2.24) is 4.90 Å². The van der Waals surface area contributed by atoms with Gasteiger partial charge in [0.2, 0.25) is 5.91 Å². The number of hydrogen-bond donors (Lipinski definition) is 1. The van der Waals surface area contributed by atoms with Crippen LogP contribution >= 0.6 is 23.1 Å². The van der Waals surface area contributed by atoms with Crippen molar-refractivity contribution >= 4 is 29.0 Å². The summed E-state index contributed by atoms with van der Waals surface area (Å²) in [5.74, 6) is 0.651. The largest absolute Gasteiger partial charge is 0.392 e. The van der Waals surface area contributed by atoms with Gasteiger partial charge in [0.05, 0.1) is 11.9 Å². The summed E-state index contributed by atoms with van der Waals surface area (Å²) in [5, 5.41) is 11.6. The molecule has 16 heavy (non-hydrogen) atoms. The fraction of sp³-hybridized carbons (Fsp3) is 0.545. The zero-order valence-electron chi connectivity index (χ0n) is 9.34. The summed E-state index contributed by atoms with van der Waals surface area (Å²) in [5.41, 5.74) is 1.23. The van der Waals surface area contributed by atoms with Crippen LogP contribution in [0.25, 0.3) is 0 Å². The molecule has 1 aliphatic heterocycles. The summed E-state index contributed by atoms with van der Waals surface area (Å²) in [6, 6.07) is 2.07. The Kier molecular flexibility index (Phi) is 3.56. The van der Waals surface area contributed by atoms with Crippen LogP contribution in [0, 0.1) is 6.92 Å². The Morgan fingerprint density at radius 2 is 2.44 bits per heavy atom. The van der Waals surface area contributed by atoms with Crippen LogP contribution < -0.4 is 0 Å². The highest BCUT2D eigenvalue weighted by Crippen LogP contribution is 2.42. The third kappa shape index (κ3) is 2.26. The first-order valence-electron chi connectivity index (χ1n) is 5.22. The minimum atomic E-state index is -0.467. The number of nitrogens with zero attached hydrogens (tertiary/aromatic N) is 1. The molecule has 1 aromatic rings. The second-order valence-electron chi connectivity index (χ2n) is 4.03. The van der Waals surface area contributed by atoms with E-state index in [1.165, 1.54) is 10.4 Å². The molecule has 2 unspecified atom stereocenters. The first kappa shape index (κ1) is 12.0. The van der Waals surface area contributed by atoms with Crippen molar-refractivity contribution in [3.8, 4) is 0 Å². The van der Waals surface area contributed by atoms with E-state index in [4.69, 9.17) is 0 Å². The van der Waals surface area contributed by atoms with Crippen molar-refractivity contribution in [3.63, 3.8) is 0 Å². The third-order valence-corrected chi connectivity index (χ3v) is 5.00. The smallest absolute Gasteiger partial charge is 0.233 e. The molecule has 5 heteroatoms. The highest BCUT2D eigenvalue weighted by atomic mass is 32.2. The highest BCUT2D eigenvalue weighted by molar-refractivity contribution is 8.00. The van der Waals surface area contributed by atoms with Gasteiger partial charge in [0, 0.05) is 11.4 Å². The van der Waals surface area contributed by atoms with Gasteiger partial charge in [-0.1, -0.05) is 0 Å². The van der Waals surface area contributed by atoms with Crippen LogP contribution in [0.5, 0.6) is 0 Å². The lowest BCUT2D eigenvalue weighted by atomic mass is 10.2. The van der Waals surface area contributed by atoms with Gasteiger partial charge in [-0.25, -0.2) is 0 Å². The van der Waals surface area contributed by atoms with Crippen molar-refractivity contribution in [1.29, 1.82) is 0 Å². The van der Waals surface area contributed by atoms with Gasteiger partial charge in [-0.05, 0) is 30.9 Å². The second kappa shape index (κ2) is 4.77. The van der Waals surface area contributed by atoms with E-state index in [0.717, 1.165) is 0 Å². The monoisotopic (exact) mass is 257 g/mol. The predicted molar refractivity (Wildman–Crippen MR) is 67.6 cm³/mol. The lowest BCUT2D eigenvalue weighted by Crippen LogP contribution is -2.34. The number of amides is 1. The number of aryl methyl sites for hydroxylation is 1. The second-order valence-corrected chi connectivity index (χ2v) is 6.04. The van der Waals surface area contributed by atoms with Crippen molar-refractivity contribution in [2.75, 3.05) is 12.3 Å². The number of aliphatic hydroxyl groups excluding tert-OH is 1. The Morgan fingerprint density at radius 1 is 1.69 bits per heavy atom. The zero-order valence-corrected chi connectivity index (χ0v) is 11.0. The first-order chi connectivity index (χ1) is 7.59. The normalized spacial score (nSPS) is 22.8. The van der Waals surface area contributed by atoms with Gasteiger partial charge in [-0.15, -0.1) is 23.1 Å². The molecule has 1 fully saturated rings. The molecule has 2 rings (SSSR count). The lowest BCUT2D eigenvalue weighted by molar-refractivity contribution is -0.129. The van der Waals surface area contributed by atoms with Crippen LogP contribution in [0.2, 0.25) is 0 Å². The van der Waals surface area contributed by atoms with Crippen molar-refractivity contribution in [2.24, 2.45) is 0 Å². The van der Waals surface area contributed by atoms with E-state index in [-0.39, 0.29) is 11.3 Å². The van der Waals surface area contributed by atoms with Crippen LogP contribution in [0.15, 0.2) is 11.4 Å².